The Morgan fingerprint density at radius 1 is 0.941 bits per heavy atom. The van der Waals surface area contributed by atoms with E-state index in [1.807, 2.05) is 30.3 Å². The zero-order valence-corrected chi connectivity index (χ0v) is 19.0. The van der Waals surface area contributed by atoms with Gasteiger partial charge < -0.3 is 19.5 Å². The fourth-order valence-corrected chi connectivity index (χ4v) is 4.57. The van der Waals surface area contributed by atoms with Gasteiger partial charge in [-0.15, -0.1) is 0 Å². The molecule has 2 aliphatic heterocycles. The maximum Gasteiger partial charge on any atom is 0.295 e. The Bertz CT molecular complexity index is 1290. The zero-order chi connectivity index (χ0) is 23.7. The van der Waals surface area contributed by atoms with Crippen LogP contribution in [-0.4, -0.2) is 41.5 Å². The molecule has 1 amide bonds. The first-order valence-electron chi connectivity index (χ1n) is 11.0. The van der Waals surface area contributed by atoms with Crippen molar-refractivity contribution in [2.75, 3.05) is 19.8 Å². The van der Waals surface area contributed by atoms with E-state index in [9.17, 15) is 14.7 Å². The number of likely N-dealkylation sites (tertiary alicyclic amines) is 1. The summed E-state index contributed by atoms with van der Waals surface area (Å²) in [5.74, 6) is -0.599. The highest BCUT2D eigenvalue weighted by Gasteiger charge is 2.46. The number of benzene rings is 3. The standard InChI is InChI=1S/C27H22ClNO5/c28-20-8-4-7-18(15-20)24-23(25(30)19-9-10-21-22(16-19)34-14-13-33-21)26(31)27(32)29(24)12-11-17-5-2-1-3-6-17/h1-10,15-16,24,30H,11-14H2/b25-23+. The van der Waals surface area contributed by atoms with E-state index in [0.717, 1.165) is 5.56 Å². The van der Waals surface area contributed by atoms with E-state index in [2.05, 4.69) is 0 Å². The van der Waals surface area contributed by atoms with Gasteiger partial charge in [0.05, 0.1) is 11.6 Å². The van der Waals surface area contributed by atoms with E-state index in [0.29, 0.717) is 53.8 Å². The number of carbonyl (C=O) groups excluding carboxylic acids is 2. The molecule has 2 heterocycles. The molecule has 1 unspecified atom stereocenters. The normalized spacial score (nSPS) is 18.9. The number of Topliss-reactive ketones (excluding diaryl/α,β-unsaturated/α-hetero) is 1. The molecule has 0 aliphatic carbocycles. The molecular weight excluding hydrogens is 454 g/mol. The van der Waals surface area contributed by atoms with E-state index in [1.54, 1.807) is 42.5 Å². The Kier molecular flexibility index (Phi) is 5.99. The van der Waals surface area contributed by atoms with E-state index in [4.69, 9.17) is 21.1 Å². The van der Waals surface area contributed by atoms with Gasteiger partial charge in [-0.2, -0.15) is 0 Å². The third kappa shape index (κ3) is 4.13. The molecule has 1 saturated heterocycles. The van der Waals surface area contributed by atoms with Gasteiger partial charge in [0, 0.05) is 17.1 Å². The molecule has 7 heteroatoms. The van der Waals surface area contributed by atoms with Gasteiger partial charge in [-0.05, 0) is 47.9 Å². The van der Waals surface area contributed by atoms with Crippen molar-refractivity contribution in [3.8, 4) is 11.5 Å². The van der Waals surface area contributed by atoms with E-state index < -0.39 is 17.7 Å². The molecule has 0 saturated carbocycles. The lowest BCUT2D eigenvalue weighted by molar-refractivity contribution is -0.139. The molecule has 0 radical (unpaired) electrons. The molecule has 0 aromatic heterocycles. The Hall–Kier alpha value is -3.77. The Morgan fingerprint density at radius 2 is 1.71 bits per heavy atom. The van der Waals surface area contributed by atoms with E-state index in [1.165, 1.54) is 4.90 Å². The fourth-order valence-electron chi connectivity index (χ4n) is 4.37. The summed E-state index contributed by atoms with van der Waals surface area (Å²) in [6.45, 7) is 1.15. The summed E-state index contributed by atoms with van der Waals surface area (Å²) < 4.78 is 11.2. The summed E-state index contributed by atoms with van der Waals surface area (Å²) in [5.41, 5.74) is 2.09. The van der Waals surface area contributed by atoms with Crippen LogP contribution >= 0.6 is 11.6 Å². The lowest BCUT2D eigenvalue weighted by atomic mass is 9.95. The topological polar surface area (TPSA) is 76.1 Å². The van der Waals surface area contributed by atoms with Crippen LogP contribution in [0.25, 0.3) is 5.76 Å². The average molecular weight is 476 g/mol. The molecule has 0 spiro atoms. The third-order valence-electron chi connectivity index (χ3n) is 6.00. The molecule has 1 fully saturated rings. The minimum Gasteiger partial charge on any atom is -0.507 e. The number of amides is 1. The van der Waals surface area contributed by atoms with Gasteiger partial charge in [-0.1, -0.05) is 54.1 Å². The summed E-state index contributed by atoms with van der Waals surface area (Å²) in [4.78, 5) is 27.8. The fraction of sp³-hybridized carbons (Fsp3) is 0.185. The number of hydrogen-bond donors (Lipinski definition) is 1. The molecule has 172 valence electrons. The number of aliphatic hydroxyl groups excluding tert-OH is 1. The quantitative estimate of drug-likeness (QED) is 0.326. The predicted octanol–water partition coefficient (Wildman–Crippen LogP) is 4.78. The van der Waals surface area contributed by atoms with Gasteiger partial charge in [0.2, 0.25) is 0 Å². The van der Waals surface area contributed by atoms with Crippen LogP contribution in [0.5, 0.6) is 11.5 Å². The molecule has 5 rings (SSSR count). The average Bonchev–Trinajstić information content (AvgIpc) is 3.12. The van der Waals surface area contributed by atoms with Crippen molar-refractivity contribution in [1.29, 1.82) is 0 Å². The molecule has 3 aromatic carbocycles. The van der Waals surface area contributed by atoms with Crippen molar-refractivity contribution in [1.82, 2.24) is 4.90 Å². The minimum absolute atomic E-state index is 0.0250. The number of ketones is 1. The van der Waals surface area contributed by atoms with Crippen LogP contribution in [0, 0.1) is 0 Å². The monoisotopic (exact) mass is 475 g/mol. The highest BCUT2D eigenvalue weighted by Crippen LogP contribution is 2.41. The van der Waals surface area contributed by atoms with Gasteiger partial charge in [-0.3, -0.25) is 9.59 Å². The van der Waals surface area contributed by atoms with Crippen molar-refractivity contribution >= 4 is 29.1 Å². The molecule has 0 bridgehead atoms. The number of hydrogen-bond acceptors (Lipinski definition) is 5. The lowest BCUT2D eigenvalue weighted by Crippen LogP contribution is -2.31. The predicted molar refractivity (Wildman–Crippen MR) is 128 cm³/mol. The zero-order valence-electron chi connectivity index (χ0n) is 18.2. The number of rotatable bonds is 5. The lowest BCUT2D eigenvalue weighted by Gasteiger charge is -2.25. The summed E-state index contributed by atoms with van der Waals surface area (Å²) in [7, 11) is 0. The largest absolute Gasteiger partial charge is 0.507 e. The molecule has 3 aromatic rings. The highest BCUT2D eigenvalue weighted by molar-refractivity contribution is 6.46. The molecule has 2 aliphatic rings. The second kappa shape index (κ2) is 9.23. The van der Waals surface area contributed by atoms with Crippen molar-refractivity contribution in [2.45, 2.75) is 12.5 Å². The Morgan fingerprint density at radius 3 is 2.47 bits per heavy atom. The maximum absolute atomic E-state index is 13.2. The van der Waals surface area contributed by atoms with Crippen molar-refractivity contribution in [3.63, 3.8) is 0 Å². The number of nitrogens with zero attached hydrogens (tertiary/aromatic N) is 1. The second-order valence-electron chi connectivity index (χ2n) is 8.14. The van der Waals surface area contributed by atoms with Crippen LogP contribution in [-0.2, 0) is 16.0 Å². The van der Waals surface area contributed by atoms with Gasteiger partial charge >= 0.3 is 0 Å². The number of carbonyl (C=O) groups is 2. The van der Waals surface area contributed by atoms with Gasteiger partial charge in [0.1, 0.15) is 19.0 Å². The smallest absolute Gasteiger partial charge is 0.295 e. The van der Waals surface area contributed by atoms with Crippen LogP contribution in [0.3, 0.4) is 0 Å². The highest BCUT2D eigenvalue weighted by atomic mass is 35.5. The maximum atomic E-state index is 13.2. The number of halogens is 1. The van der Waals surface area contributed by atoms with Crippen LogP contribution in [0.2, 0.25) is 5.02 Å². The Balaban J connectivity index is 1.58. The Labute approximate surface area is 202 Å². The number of ether oxygens (including phenoxy) is 2. The third-order valence-corrected chi connectivity index (χ3v) is 6.24. The minimum atomic E-state index is -0.768. The van der Waals surface area contributed by atoms with E-state index >= 15 is 0 Å². The van der Waals surface area contributed by atoms with Crippen molar-refractivity contribution in [2.24, 2.45) is 0 Å². The summed E-state index contributed by atoms with van der Waals surface area (Å²) >= 11 is 6.24. The molecule has 1 atom stereocenters. The molecule has 34 heavy (non-hydrogen) atoms. The first-order valence-corrected chi connectivity index (χ1v) is 11.4. The van der Waals surface area contributed by atoms with Crippen LogP contribution in [0.15, 0.2) is 78.4 Å². The first-order chi connectivity index (χ1) is 16.5. The first kappa shape index (κ1) is 22.0. The van der Waals surface area contributed by atoms with Gasteiger partial charge in [0.25, 0.3) is 11.7 Å². The molecule has 6 nitrogen and oxygen atoms in total. The summed E-state index contributed by atoms with van der Waals surface area (Å²) in [6, 6.07) is 20.9. The van der Waals surface area contributed by atoms with E-state index in [-0.39, 0.29) is 11.3 Å². The summed E-state index contributed by atoms with van der Waals surface area (Å²) in [5, 5.41) is 11.7. The van der Waals surface area contributed by atoms with Crippen molar-refractivity contribution in [3.05, 3.63) is 100 Å². The van der Waals surface area contributed by atoms with Gasteiger partial charge in [0.15, 0.2) is 11.5 Å². The second-order valence-corrected chi connectivity index (χ2v) is 8.58. The summed E-state index contributed by atoms with van der Waals surface area (Å²) in [6.07, 6.45) is 0.564. The van der Waals surface area contributed by atoms with Gasteiger partial charge in [-0.25, -0.2) is 0 Å². The molecule has 1 N–H and O–H groups in total. The molecular formula is C27H22ClNO5. The van der Waals surface area contributed by atoms with Crippen LogP contribution in [0.1, 0.15) is 22.7 Å². The SMILES string of the molecule is O=C1C(=O)N(CCc2ccccc2)C(c2cccc(Cl)c2)/C1=C(\O)c1ccc2c(c1)OCCO2. The van der Waals surface area contributed by atoms with Crippen LogP contribution in [0.4, 0.5) is 0 Å². The van der Waals surface area contributed by atoms with Crippen LogP contribution < -0.4 is 9.47 Å². The number of fused-ring (bicyclic) bond motifs is 1. The van der Waals surface area contributed by atoms with Crippen molar-refractivity contribution < 1.29 is 24.2 Å². The number of aliphatic hydroxyl groups is 1.